The third-order valence-corrected chi connectivity index (χ3v) is 5.38. The molecule has 0 radical (unpaired) electrons. The highest BCUT2D eigenvalue weighted by Gasteiger charge is 2.31. The summed E-state index contributed by atoms with van der Waals surface area (Å²) in [6.07, 6.45) is 11.1. The van der Waals surface area contributed by atoms with Crippen molar-refractivity contribution in [2.45, 2.75) is 96.7 Å². The summed E-state index contributed by atoms with van der Waals surface area (Å²) >= 11 is 0. The first-order valence-electron chi connectivity index (χ1n) is 8.41. The molecule has 2 aliphatic carbocycles. The molecule has 2 rings (SSSR count). The van der Waals surface area contributed by atoms with Crippen molar-refractivity contribution in [2.75, 3.05) is 0 Å². The fourth-order valence-electron chi connectivity index (χ4n) is 3.91. The van der Waals surface area contributed by atoms with Gasteiger partial charge in [-0.25, -0.2) is 0 Å². The highest BCUT2D eigenvalue weighted by molar-refractivity contribution is 4.87. The lowest BCUT2D eigenvalue weighted by Crippen LogP contribution is -2.46. The number of aliphatic hydroxyl groups excluding tert-OH is 1. The van der Waals surface area contributed by atoms with Crippen molar-refractivity contribution in [3.05, 3.63) is 0 Å². The van der Waals surface area contributed by atoms with E-state index in [4.69, 9.17) is 0 Å². The van der Waals surface area contributed by atoms with Gasteiger partial charge in [-0.3, -0.25) is 0 Å². The summed E-state index contributed by atoms with van der Waals surface area (Å²) in [5.74, 6) is 0.879. The van der Waals surface area contributed by atoms with Crippen LogP contribution in [0.5, 0.6) is 0 Å². The van der Waals surface area contributed by atoms with E-state index in [9.17, 15) is 5.11 Å². The summed E-state index contributed by atoms with van der Waals surface area (Å²) in [4.78, 5) is 0. The van der Waals surface area contributed by atoms with Gasteiger partial charge in [0, 0.05) is 12.1 Å². The fraction of sp³-hybridized carbons (Fsp3) is 1.00. The smallest absolute Gasteiger partial charge is 0.0693 e. The minimum atomic E-state index is -0.108. The Morgan fingerprint density at radius 1 is 0.842 bits per heavy atom. The minimum absolute atomic E-state index is 0.108. The normalized spacial score (nSPS) is 37.9. The molecule has 19 heavy (non-hydrogen) atoms. The fourth-order valence-corrected chi connectivity index (χ4v) is 3.91. The van der Waals surface area contributed by atoms with E-state index in [2.05, 4.69) is 26.1 Å². The highest BCUT2D eigenvalue weighted by Crippen LogP contribution is 2.38. The van der Waals surface area contributed by atoms with Crippen LogP contribution in [-0.4, -0.2) is 23.3 Å². The van der Waals surface area contributed by atoms with Crippen molar-refractivity contribution in [2.24, 2.45) is 11.3 Å². The van der Waals surface area contributed by atoms with E-state index in [1.807, 2.05) is 0 Å². The second kappa shape index (κ2) is 6.58. The molecule has 2 heteroatoms. The minimum Gasteiger partial charge on any atom is -0.392 e. The summed E-state index contributed by atoms with van der Waals surface area (Å²) in [6.45, 7) is 7.13. The van der Waals surface area contributed by atoms with Crippen molar-refractivity contribution in [3.63, 3.8) is 0 Å². The molecular formula is C17H33NO. The number of hydrogen-bond donors (Lipinski definition) is 2. The molecule has 0 spiro atoms. The Balaban J connectivity index is 1.78. The van der Waals surface area contributed by atoms with Crippen LogP contribution in [0.4, 0.5) is 0 Å². The highest BCUT2D eigenvalue weighted by atomic mass is 16.3. The molecule has 0 aromatic rings. The Hall–Kier alpha value is -0.0800. The van der Waals surface area contributed by atoms with E-state index >= 15 is 0 Å². The predicted octanol–water partition coefficient (Wildman–Crippen LogP) is 3.87. The number of aliphatic hydroxyl groups is 1. The third-order valence-electron chi connectivity index (χ3n) is 5.38. The summed E-state index contributed by atoms with van der Waals surface area (Å²) in [5, 5.41) is 14.0. The average molecular weight is 267 g/mol. The number of hydrogen-bond acceptors (Lipinski definition) is 2. The van der Waals surface area contributed by atoms with Crippen LogP contribution in [0.1, 0.15) is 78.6 Å². The molecule has 0 heterocycles. The van der Waals surface area contributed by atoms with Gasteiger partial charge in [0.25, 0.3) is 0 Å². The van der Waals surface area contributed by atoms with Gasteiger partial charge in [-0.2, -0.15) is 0 Å². The van der Waals surface area contributed by atoms with Crippen LogP contribution in [0.15, 0.2) is 0 Å². The summed E-state index contributed by atoms with van der Waals surface area (Å²) in [6, 6.07) is 1.01. The summed E-state index contributed by atoms with van der Waals surface area (Å²) < 4.78 is 0. The number of rotatable bonds is 2. The van der Waals surface area contributed by atoms with E-state index < -0.39 is 0 Å². The van der Waals surface area contributed by atoms with Gasteiger partial charge in [-0.15, -0.1) is 0 Å². The molecule has 112 valence electrons. The van der Waals surface area contributed by atoms with E-state index in [0.717, 1.165) is 12.3 Å². The van der Waals surface area contributed by atoms with Crippen LogP contribution in [0.2, 0.25) is 0 Å². The molecule has 2 unspecified atom stereocenters. The maximum Gasteiger partial charge on any atom is 0.0693 e. The Bertz CT molecular complexity index is 263. The van der Waals surface area contributed by atoms with Crippen LogP contribution in [0.25, 0.3) is 0 Å². The molecular weight excluding hydrogens is 234 g/mol. The molecule has 2 N–H and O–H groups in total. The summed E-state index contributed by atoms with van der Waals surface area (Å²) in [7, 11) is 0. The first-order chi connectivity index (χ1) is 8.97. The van der Waals surface area contributed by atoms with Crippen LogP contribution in [0, 0.1) is 11.3 Å². The van der Waals surface area contributed by atoms with Gasteiger partial charge in [0.05, 0.1) is 6.10 Å². The van der Waals surface area contributed by atoms with Crippen LogP contribution >= 0.6 is 0 Å². The molecule has 2 nitrogen and oxygen atoms in total. The van der Waals surface area contributed by atoms with Crippen molar-refractivity contribution in [1.29, 1.82) is 0 Å². The topological polar surface area (TPSA) is 32.3 Å². The molecule has 0 saturated heterocycles. The maximum absolute atomic E-state index is 10.2. The Morgan fingerprint density at radius 2 is 1.47 bits per heavy atom. The van der Waals surface area contributed by atoms with E-state index in [1.165, 1.54) is 51.4 Å². The van der Waals surface area contributed by atoms with Crippen LogP contribution < -0.4 is 5.32 Å². The zero-order chi connectivity index (χ0) is 13.9. The molecule has 0 aromatic carbocycles. The molecule has 0 bridgehead atoms. The Morgan fingerprint density at radius 3 is 2.11 bits per heavy atom. The largest absolute Gasteiger partial charge is 0.392 e. The van der Waals surface area contributed by atoms with E-state index in [0.29, 0.717) is 17.5 Å². The molecule has 2 saturated carbocycles. The number of nitrogens with one attached hydrogen (secondary N) is 1. The maximum atomic E-state index is 10.2. The molecule has 2 fully saturated rings. The predicted molar refractivity (Wildman–Crippen MR) is 81.2 cm³/mol. The van der Waals surface area contributed by atoms with Crippen molar-refractivity contribution < 1.29 is 5.11 Å². The summed E-state index contributed by atoms with van der Waals surface area (Å²) in [5.41, 5.74) is 0.465. The standard InChI is InChI=1S/C17H33NO/c1-17(2,3)13-9-11-14(12-10-13)18-15-7-5-4-6-8-16(15)19/h13-16,18-19H,4-12H2,1-3H3. The second-order valence-electron chi connectivity index (χ2n) is 7.89. The van der Waals surface area contributed by atoms with E-state index in [1.54, 1.807) is 0 Å². The SMILES string of the molecule is CC(C)(C)C1CCC(NC2CCCCCC2O)CC1. The zero-order valence-electron chi connectivity index (χ0n) is 13.1. The van der Waals surface area contributed by atoms with Gasteiger partial charge in [0.15, 0.2) is 0 Å². The molecule has 0 aliphatic heterocycles. The van der Waals surface area contributed by atoms with Crippen LogP contribution in [0.3, 0.4) is 0 Å². The monoisotopic (exact) mass is 267 g/mol. The van der Waals surface area contributed by atoms with Gasteiger partial charge < -0.3 is 10.4 Å². The molecule has 0 amide bonds. The third kappa shape index (κ3) is 4.46. The van der Waals surface area contributed by atoms with Crippen LogP contribution in [-0.2, 0) is 0 Å². The first-order valence-corrected chi connectivity index (χ1v) is 8.41. The Kier molecular flexibility index (Phi) is 5.30. The van der Waals surface area contributed by atoms with E-state index in [-0.39, 0.29) is 6.10 Å². The lowest BCUT2D eigenvalue weighted by molar-refractivity contribution is 0.0982. The average Bonchev–Trinajstić information content (AvgIpc) is 2.55. The molecule has 2 atom stereocenters. The second-order valence-corrected chi connectivity index (χ2v) is 7.89. The molecule has 0 aromatic heterocycles. The van der Waals surface area contributed by atoms with Crippen molar-refractivity contribution in [3.8, 4) is 0 Å². The quantitative estimate of drug-likeness (QED) is 0.744. The Labute approximate surface area is 119 Å². The van der Waals surface area contributed by atoms with Gasteiger partial charge in [0.2, 0.25) is 0 Å². The first kappa shape index (κ1) is 15.3. The molecule has 2 aliphatic rings. The van der Waals surface area contributed by atoms with Crippen molar-refractivity contribution in [1.82, 2.24) is 5.32 Å². The van der Waals surface area contributed by atoms with Gasteiger partial charge in [-0.05, 0) is 49.9 Å². The van der Waals surface area contributed by atoms with Gasteiger partial charge in [0.1, 0.15) is 0 Å². The van der Waals surface area contributed by atoms with Crippen molar-refractivity contribution >= 4 is 0 Å². The lowest BCUT2D eigenvalue weighted by atomic mass is 9.71. The van der Waals surface area contributed by atoms with Gasteiger partial charge >= 0.3 is 0 Å². The lowest BCUT2D eigenvalue weighted by Gasteiger charge is -2.38. The van der Waals surface area contributed by atoms with Gasteiger partial charge in [-0.1, -0.05) is 40.0 Å². The zero-order valence-corrected chi connectivity index (χ0v) is 13.1.